The summed E-state index contributed by atoms with van der Waals surface area (Å²) in [5, 5.41) is 21.0. The molecule has 4 aromatic rings. The van der Waals surface area contributed by atoms with Crippen LogP contribution in [0.2, 0.25) is 0 Å². The predicted molar refractivity (Wildman–Crippen MR) is 148 cm³/mol. The number of ether oxygens (including phenoxy) is 3. The van der Waals surface area contributed by atoms with Crippen molar-refractivity contribution in [2.75, 3.05) is 25.0 Å². The number of pyridine rings is 1. The van der Waals surface area contributed by atoms with Crippen molar-refractivity contribution in [1.82, 2.24) is 9.97 Å². The van der Waals surface area contributed by atoms with Gasteiger partial charge in [0.05, 0.1) is 18.6 Å². The lowest BCUT2D eigenvalue weighted by Crippen LogP contribution is -2.23. The molecule has 0 atom stereocenters. The van der Waals surface area contributed by atoms with E-state index in [1.54, 1.807) is 36.4 Å². The van der Waals surface area contributed by atoms with Crippen molar-refractivity contribution in [1.29, 1.82) is 0 Å². The number of benzene rings is 2. The minimum absolute atomic E-state index is 0.00818. The van der Waals surface area contributed by atoms with Crippen molar-refractivity contribution < 1.29 is 32.5 Å². The first kappa shape index (κ1) is 28.6. The average molecular weight is 567 g/mol. The third-order valence-electron chi connectivity index (χ3n) is 5.77. The Morgan fingerprint density at radius 1 is 0.975 bits per heavy atom. The van der Waals surface area contributed by atoms with E-state index >= 15 is 0 Å². The highest BCUT2D eigenvalue weighted by Gasteiger charge is 2.26. The second-order valence-electron chi connectivity index (χ2n) is 9.68. The largest absolute Gasteiger partial charge is 0.619 e. The minimum atomic E-state index is -4.16. The van der Waals surface area contributed by atoms with Crippen LogP contribution >= 0.6 is 0 Å². The molecule has 0 bridgehead atoms. The molecule has 0 radical (unpaired) electrons. The topological polar surface area (TPSA) is 147 Å². The maximum absolute atomic E-state index is 13.5. The van der Waals surface area contributed by atoms with Crippen LogP contribution in [0, 0.1) is 5.21 Å². The zero-order valence-electron chi connectivity index (χ0n) is 22.5. The van der Waals surface area contributed by atoms with Gasteiger partial charge in [0.15, 0.2) is 35.5 Å². The number of anilines is 1. The number of hydrogen-bond acceptors (Lipinski definition) is 9. The molecule has 0 fully saturated rings. The van der Waals surface area contributed by atoms with E-state index in [9.17, 15) is 18.7 Å². The lowest BCUT2D eigenvalue weighted by Gasteiger charge is -2.20. The van der Waals surface area contributed by atoms with E-state index in [0.717, 1.165) is 5.56 Å². The fraction of sp³-hybridized carbons (Fsp3) is 0.250. The first-order valence-corrected chi connectivity index (χ1v) is 13.8. The van der Waals surface area contributed by atoms with Gasteiger partial charge in [-0.1, -0.05) is 45.0 Å². The van der Waals surface area contributed by atoms with Gasteiger partial charge >= 0.3 is 0 Å². The quantitative estimate of drug-likeness (QED) is 0.214. The summed E-state index contributed by atoms with van der Waals surface area (Å²) in [7, 11) is -2.69. The molecule has 0 spiro atoms. The van der Waals surface area contributed by atoms with E-state index in [4.69, 9.17) is 14.2 Å². The van der Waals surface area contributed by atoms with Crippen LogP contribution in [-0.2, 0) is 15.4 Å². The molecule has 40 heavy (non-hydrogen) atoms. The Balaban J connectivity index is 1.86. The number of rotatable bonds is 10. The Hall–Kier alpha value is -4.42. The Kier molecular flexibility index (Phi) is 8.40. The maximum atomic E-state index is 13.5. The number of nitrogens with zero attached hydrogens (tertiary/aromatic N) is 3. The van der Waals surface area contributed by atoms with Gasteiger partial charge in [0.1, 0.15) is 6.61 Å². The van der Waals surface area contributed by atoms with Crippen LogP contribution in [0.15, 0.2) is 78.0 Å². The van der Waals surface area contributed by atoms with Gasteiger partial charge in [-0.25, -0.2) is 13.4 Å². The first-order chi connectivity index (χ1) is 19.0. The molecule has 0 amide bonds. The summed E-state index contributed by atoms with van der Waals surface area (Å²) in [6.45, 7) is 5.60. The van der Waals surface area contributed by atoms with Crippen LogP contribution < -0.4 is 23.7 Å². The standard InChI is InChI=1S/C28H30N4O7S/c1-28(2,3)20-9-11-21(12-10-20)40(35,36)31-26-24(39-23-8-6-5-7-22(23)37-4)27(38-18-17-33)30-25(29-26)19-13-15-32(34)16-14-19/h5-16,33H,17-18H2,1-4H3,(H,29,30,31). The SMILES string of the molecule is COc1ccccc1Oc1c(NS(=O)(=O)c2ccc(C(C)(C)C)cc2)nc(-c2cc[n+]([O-])cc2)nc1OCCO. The van der Waals surface area contributed by atoms with Crippen molar-refractivity contribution in [3.8, 4) is 34.5 Å². The number of aliphatic hydroxyl groups is 1. The van der Waals surface area contributed by atoms with E-state index in [0.29, 0.717) is 16.0 Å². The van der Waals surface area contributed by atoms with Gasteiger partial charge in [-0.2, -0.15) is 9.71 Å². The smallest absolute Gasteiger partial charge is 0.263 e. The summed E-state index contributed by atoms with van der Waals surface area (Å²) in [6.07, 6.45) is 2.51. The Morgan fingerprint density at radius 2 is 1.62 bits per heavy atom. The molecule has 2 heterocycles. The minimum Gasteiger partial charge on any atom is -0.619 e. The highest BCUT2D eigenvalue weighted by molar-refractivity contribution is 7.92. The number of sulfonamides is 1. The molecule has 0 aliphatic carbocycles. The first-order valence-electron chi connectivity index (χ1n) is 12.3. The molecular weight excluding hydrogens is 536 g/mol. The second kappa shape index (κ2) is 11.8. The van der Waals surface area contributed by atoms with E-state index < -0.39 is 10.0 Å². The predicted octanol–water partition coefficient (Wildman–Crippen LogP) is 4.05. The molecule has 2 aromatic heterocycles. The highest BCUT2D eigenvalue weighted by Crippen LogP contribution is 2.41. The Bertz CT molecular complexity index is 1570. The lowest BCUT2D eigenvalue weighted by atomic mass is 9.87. The molecular formula is C28H30N4O7S. The number of hydrogen-bond donors (Lipinski definition) is 2. The van der Waals surface area contributed by atoms with Crippen molar-refractivity contribution >= 4 is 15.8 Å². The fourth-order valence-corrected chi connectivity index (χ4v) is 4.66. The van der Waals surface area contributed by atoms with Crippen molar-refractivity contribution in [2.24, 2.45) is 0 Å². The van der Waals surface area contributed by atoms with Gasteiger partial charge < -0.3 is 24.5 Å². The molecule has 0 saturated heterocycles. The molecule has 0 aliphatic rings. The van der Waals surface area contributed by atoms with Crippen molar-refractivity contribution in [3.63, 3.8) is 0 Å². The summed E-state index contributed by atoms with van der Waals surface area (Å²) in [5.74, 6) is 0.173. The zero-order valence-corrected chi connectivity index (χ0v) is 23.3. The van der Waals surface area contributed by atoms with Gasteiger partial charge in [0.25, 0.3) is 15.9 Å². The second-order valence-corrected chi connectivity index (χ2v) is 11.4. The molecule has 2 aromatic carbocycles. The number of nitrogens with one attached hydrogen (secondary N) is 1. The Morgan fingerprint density at radius 3 is 2.23 bits per heavy atom. The monoisotopic (exact) mass is 566 g/mol. The van der Waals surface area contributed by atoms with Gasteiger partial charge in [-0.15, -0.1) is 0 Å². The molecule has 2 N–H and O–H groups in total. The van der Waals surface area contributed by atoms with Crippen LogP contribution in [0.1, 0.15) is 26.3 Å². The number of methoxy groups -OCH3 is 1. The number of aliphatic hydroxyl groups excluding tert-OH is 1. The van der Waals surface area contributed by atoms with Crippen LogP contribution in [0.25, 0.3) is 11.4 Å². The van der Waals surface area contributed by atoms with Gasteiger partial charge in [-0.3, -0.25) is 4.72 Å². The molecule has 210 valence electrons. The van der Waals surface area contributed by atoms with Crippen molar-refractivity contribution in [3.05, 3.63) is 83.8 Å². The summed E-state index contributed by atoms with van der Waals surface area (Å²) in [6, 6.07) is 16.2. The van der Waals surface area contributed by atoms with E-state index in [2.05, 4.69) is 14.7 Å². The lowest BCUT2D eigenvalue weighted by molar-refractivity contribution is -0.605. The molecule has 4 rings (SSSR count). The fourth-order valence-electron chi connectivity index (χ4n) is 3.66. The van der Waals surface area contributed by atoms with Gasteiger partial charge in [-0.05, 0) is 35.2 Å². The van der Waals surface area contributed by atoms with E-state index in [1.807, 2.05) is 20.8 Å². The molecule has 0 saturated carbocycles. The van der Waals surface area contributed by atoms with Crippen LogP contribution in [0.5, 0.6) is 23.1 Å². The maximum Gasteiger partial charge on any atom is 0.263 e. The summed E-state index contributed by atoms with van der Waals surface area (Å²) >= 11 is 0. The Labute approximate surface area is 232 Å². The molecule has 0 aliphatic heterocycles. The number of aromatic nitrogens is 3. The van der Waals surface area contributed by atoms with E-state index in [-0.39, 0.29) is 52.5 Å². The number of para-hydroxylation sites is 2. The van der Waals surface area contributed by atoms with Crippen LogP contribution in [0.3, 0.4) is 0 Å². The summed E-state index contributed by atoms with van der Waals surface area (Å²) in [4.78, 5) is 8.86. The third kappa shape index (κ3) is 6.58. The normalized spacial score (nSPS) is 11.6. The molecule has 0 unspecified atom stereocenters. The highest BCUT2D eigenvalue weighted by atomic mass is 32.2. The van der Waals surface area contributed by atoms with Crippen molar-refractivity contribution in [2.45, 2.75) is 31.1 Å². The van der Waals surface area contributed by atoms with E-state index in [1.165, 1.54) is 43.8 Å². The third-order valence-corrected chi connectivity index (χ3v) is 7.12. The van der Waals surface area contributed by atoms with Gasteiger partial charge in [0, 0.05) is 17.7 Å². The zero-order chi connectivity index (χ0) is 28.9. The van der Waals surface area contributed by atoms with Gasteiger partial charge in [0.2, 0.25) is 5.75 Å². The molecule has 12 heteroatoms. The molecule has 11 nitrogen and oxygen atoms in total. The summed E-state index contributed by atoms with van der Waals surface area (Å²) in [5.41, 5.74) is 1.22. The van der Waals surface area contributed by atoms with Crippen LogP contribution in [-0.4, -0.2) is 43.8 Å². The summed E-state index contributed by atoms with van der Waals surface area (Å²) < 4.78 is 47.3. The van der Waals surface area contributed by atoms with Crippen LogP contribution in [0.4, 0.5) is 5.82 Å². The average Bonchev–Trinajstić information content (AvgIpc) is 2.93.